The number of amides is 1. The van der Waals surface area contributed by atoms with Crippen molar-refractivity contribution in [2.24, 2.45) is 0 Å². The van der Waals surface area contributed by atoms with Gasteiger partial charge in [0.1, 0.15) is 0 Å². The van der Waals surface area contributed by atoms with Crippen LogP contribution < -0.4 is 4.90 Å². The Morgan fingerprint density at radius 2 is 1.95 bits per heavy atom. The van der Waals surface area contributed by atoms with Gasteiger partial charge in [0.2, 0.25) is 0 Å². The fourth-order valence-electron chi connectivity index (χ4n) is 2.72. The number of benzene rings is 1. The molecule has 0 aliphatic carbocycles. The SMILES string of the molecule is O=C(c1cc2ccccc2s1)N1CCN(c2nccs2)CC1. The van der Waals surface area contributed by atoms with E-state index in [0.717, 1.165) is 41.6 Å². The molecule has 0 bridgehead atoms. The van der Waals surface area contributed by atoms with E-state index in [1.807, 2.05) is 34.7 Å². The highest BCUT2D eigenvalue weighted by Crippen LogP contribution is 2.27. The first kappa shape index (κ1) is 13.7. The lowest BCUT2D eigenvalue weighted by Gasteiger charge is -2.34. The standard InChI is InChI=1S/C16H15N3OS2/c20-15(14-11-12-3-1-2-4-13(12)22-14)18-6-8-19(9-7-18)16-17-5-10-21-16/h1-5,10-11H,6-9H2. The Bertz CT molecular complexity index is 756. The molecule has 0 spiro atoms. The summed E-state index contributed by atoms with van der Waals surface area (Å²) in [4.78, 5) is 22.0. The number of hydrogen-bond donors (Lipinski definition) is 0. The Morgan fingerprint density at radius 1 is 1.14 bits per heavy atom. The van der Waals surface area contributed by atoms with E-state index in [0.29, 0.717) is 0 Å². The third-order valence-corrected chi connectivity index (χ3v) is 5.83. The smallest absolute Gasteiger partial charge is 0.264 e. The zero-order chi connectivity index (χ0) is 14.9. The minimum Gasteiger partial charge on any atom is -0.345 e. The number of carbonyl (C=O) groups is 1. The third-order valence-electron chi connectivity index (χ3n) is 3.89. The second kappa shape index (κ2) is 5.70. The lowest BCUT2D eigenvalue weighted by molar-refractivity contribution is 0.0751. The number of piperazine rings is 1. The minimum absolute atomic E-state index is 0.153. The average molecular weight is 329 g/mol. The number of nitrogens with zero attached hydrogens (tertiary/aromatic N) is 3. The molecular weight excluding hydrogens is 314 g/mol. The van der Waals surface area contributed by atoms with Crippen molar-refractivity contribution in [2.45, 2.75) is 0 Å². The van der Waals surface area contributed by atoms with Crippen LogP contribution in [0.5, 0.6) is 0 Å². The number of thiazole rings is 1. The minimum atomic E-state index is 0.153. The van der Waals surface area contributed by atoms with Crippen LogP contribution in [0.15, 0.2) is 41.9 Å². The van der Waals surface area contributed by atoms with Gasteiger partial charge in [-0.05, 0) is 17.5 Å². The fourth-order valence-corrected chi connectivity index (χ4v) is 4.44. The van der Waals surface area contributed by atoms with E-state index in [2.05, 4.69) is 22.0 Å². The zero-order valence-corrected chi connectivity index (χ0v) is 13.6. The number of thiophene rings is 1. The molecule has 22 heavy (non-hydrogen) atoms. The van der Waals surface area contributed by atoms with Crippen molar-refractivity contribution in [3.8, 4) is 0 Å². The van der Waals surface area contributed by atoms with Crippen molar-refractivity contribution in [3.05, 3.63) is 46.8 Å². The lowest BCUT2D eigenvalue weighted by atomic mass is 10.2. The van der Waals surface area contributed by atoms with Crippen molar-refractivity contribution in [3.63, 3.8) is 0 Å². The van der Waals surface area contributed by atoms with Crippen LogP contribution in [-0.4, -0.2) is 42.0 Å². The Morgan fingerprint density at radius 3 is 2.68 bits per heavy atom. The number of carbonyl (C=O) groups excluding carboxylic acids is 1. The van der Waals surface area contributed by atoms with Crippen LogP contribution in [0, 0.1) is 0 Å². The summed E-state index contributed by atoms with van der Waals surface area (Å²) in [5, 5.41) is 4.19. The molecule has 3 aromatic rings. The summed E-state index contributed by atoms with van der Waals surface area (Å²) in [5.41, 5.74) is 0. The monoisotopic (exact) mass is 329 g/mol. The van der Waals surface area contributed by atoms with E-state index >= 15 is 0 Å². The average Bonchev–Trinajstić information content (AvgIpc) is 3.23. The van der Waals surface area contributed by atoms with Crippen molar-refractivity contribution < 1.29 is 4.79 Å². The van der Waals surface area contributed by atoms with Gasteiger partial charge in [-0.1, -0.05) is 18.2 Å². The molecule has 0 unspecified atom stereocenters. The summed E-state index contributed by atoms with van der Waals surface area (Å²) >= 11 is 3.23. The molecule has 1 aromatic carbocycles. The first-order chi connectivity index (χ1) is 10.8. The van der Waals surface area contributed by atoms with Crippen molar-refractivity contribution >= 4 is 43.8 Å². The van der Waals surface area contributed by atoms with E-state index in [1.165, 1.54) is 4.70 Å². The van der Waals surface area contributed by atoms with E-state index in [4.69, 9.17) is 0 Å². The number of rotatable bonds is 2. The molecule has 1 saturated heterocycles. The molecule has 1 aliphatic rings. The molecule has 0 N–H and O–H groups in total. The summed E-state index contributed by atoms with van der Waals surface area (Å²) < 4.78 is 1.17. The molecule has 0 radical (unpaired) electrons. The first-order valence-corrected chi connectivity index (χ1v) is 8.93. The highest BCUT2D eigenvalue weighted by atomic mass is 32.1. The fraction of sp³-hybridized carbons (Fsp3) is 0.250. The molecule has 112 valence electrons. The van der Waals surface area contributed by atoms with Gasteiger partial charge in [0.25, 0.3) is 5.91 Å². The normalized spacial score (nSPS) is 15.5. The molecule has 0 atom stereocenters. The van der Waals surface area contributed by atoms with E-state index in [-0.39, 0.29) is 5.91 Å². The van der Waals surface area contributed by atoms with Gasteiger partial charge in [0, 0.05) is 42.5 Å². The number of anilines is 1. The van der Waals surface area contributed by atoms with E-state index < -0.39 is 0 Å². The maximum Gasteiger partial charge on any atom is 0.264 e. The molecule has 4 nitrogen and oxygen atoms in total. The summed E-state index contributed by atoms with van der Waals surface area (Å²) in [6.45, 7) is 3.22. The molecule has 4 rings (SSSR count). The van der Waals surface area contributed by atoms with Gasteiger partial charge in [-0.3, -0.25) is 4.79 Å². The maximum absolute atomic E-state index is 12.7. The van der Waals surface area contributed by atoms with Crippen LogP contribution in [-0.2, 0) is 0 Å². The largest absolute Gasteiger partial charge is 0.345 e. The van der Waals surface area contributed by atoms with Gasteiger partial charge >= 0.3 is 0 Å². The Labute approximate surface area is 136 Å². The highest BCUT2D eigenvalue weighted by Gasteiger charge is 2.24. The molecule has 6 heteroatoms. The van der Waals surface area contributed by atoms with Gasteiger partial charge in [0.15, 0.2) is 5.13 Å². The van der Waals surface area contributed by atoms with Crippen molar-refractivity contribution in [1.82, 2.24) is 9.88 Å². The summed E-state index contributed by atoms with van der Waals surface area (Å²) in [7, 11) is 0. The van der Waals surface area contributed by atoms with Crippen molar-refractivity contribution in [1.29, 1.82) is 0 Å². The molecular formula is C16H15N3OS2. The predicted octanol–water partition coefficient (Wildman–Crippen LogP) is 3.32. The molecule has 1 aliphatic heterocycles. The van der Waals surface area contributed by atoms with Crippen LogP contribution in [0.25, 0.3) is 10.1 Å². The molecule has 0 saturated carbocycles. The number of fused-ring (bicyclic) bond motifs is 1. The molecule has 3 heterocycles. The second-order valence-electron chi connectivity index (χ2n) is 5.24. The summed E-state index contributed by atoms with van der Waals surface area (Å²) in [5.74, 6) is 0.153. The molecule has 2 aromatic heterocycles. The van der Waals surface area contributed by atoms with Gasteiger partial charge in [-0.15, -0.1) is 22.7 Å². The van der Waals surface area contributed by atoms with Crippen LogP contribution in [0.2, 0.25) is 0 Å². The van der Waals surface area contributed by atoms with Gasteiger partial charge in [-0.2, -0.15) is 0 Å². The third kappa shape index (κ3) is 2.48. The van der Waals surface area contributed by atoms with Gasteiger partial charge < -0.3 is 9.80 Å². The van der Waals surface area contributed by atoms with Crippen molar-refractivity contribution in [2.75, 3.05) is 31.1 Å². The van der Waals surface area contributed by atoms with Crippen LogP contribution in [0.4, 0.5) is 5.13 Å². The Hall–Kier alpha value is -1.92. The van der Waals surface area contributed by atoms with E-state index in [1.54, 1.807) is 22.7 Å². The van der Waals surface area contributed by atoms with Crippen LogP contribution in [0.1, 0.15) is 9.67 Å². The number of hydrogen-bond acceptors (Lipinski definition) is 5. The van der Waals surface area contributed by atoms with Crippen LogP contribution >= 0.6 is 22.7 Å². The predicted molar refractivity (Wildman–Crippen MR) is 92.1 cm³/mol. The zero-order valence-electron chi connectivity index (χ0n) is 11.9. The first-order valence-electron chi connectivity index (χ1n) is 7.23. The summed E-state index contributed by atoms with van der Waals surface area (Å²) in [6.07, 6.45) is 1.83. The van der Waals surface area contributed by atoms with Gasteiger partial charge in [-0.25, -0.2) is 4.98 Å². The lowest BCUT2D eigenvalue weighted by Crippen LogP contribution is -2.48. The van der Waals surface area contributed by atoms with Gasteiger partial charge in [0.05, 0.1) is 4.88 Å². The Balaban J connectivity index is 1.47. The van der Waals surface area contributed by atoms with E-state index in [9.17, 15) is 4.79 Å². The number of aromatic nitrogens is 1. The Kier molecular flexibility index (Phi) is 3.56. The molecule has 1 amide bonds. The molecule has 1 fully saturated rings. The quantitative estimate of drug-likeness (QED) is 0.724. The topological polar surface area (TPSA) is 36.4 Å². The maximum atomic E-state index is 12.7. The second-order valence-corrected chi connectivity index (χ2v) is 7.20. The van der Waals surface area contributed by atoms with Crippen LogP contribution in [0.3, 0.4) is 0 Å². The highest BCUT2D eigenvalue weighted by molar-refractivity contribution is 7.20. The summed E-state index contributed by atoms with van der Waals surface area (Å²) in [6, 6.07) is 10.2.